The normalized spacial score (nSPS) is 10.8. The smallest absolute Gasteiger partial charge is 0.265 e. The molecule has 0 unspecified atom stereocenters. The lowest BCUT2D eigenvalue weighted by Crippen LogP contribution is -2.09. The number of benzene rings is 1. The zero-order chi connectivity index (χ0) is 21.3. The number of rotatable bonds is 5. The van der Waals surface area contributed by atoms with Gasteiger partial charge in [0.05, 0.1) is 10.6 Å². The Morgan fingerprint density at radius 3 is 2.47 bits per heavy atom. The standard InChI is InChI=1S/C22H21N5O2S/c1-13-9-19(30-11-13)22(28)25-17-5-7-18(8-6-17)29-21-10-20(23-12-24-21)27-16(4)14(2)15(3)26-27/h5-12H,1-4H3,(H,25,28). The number of carbonyl (C=O) groups is 1. The van der Waals surface area contributed by atoms with Crippen molar-refractivity contribution in [1.29, 1.82) is 0 Å². The summed E-state index contributed by atoms with van der Waals surface area (Å²) >= 11 is 1.43. The molecule has 7 nitrogen and oxygen atoms in total. The monoisotopic (exact) mass is 419 g/mol. The molecular weight excluding hydrogens is 398 g/mol. The van der Waals surface area contributed by atoms with Crippen LogP contribution < -0.4 is 10.1 Å². The Kier molecular flexibility index (Phi) is 5.33. The maximum atomic E-state index is 12.3. The second-order valence-corrected chi connectivity index (χ2v) is 7.90. The Hall–Kier alpha value is -3.52. The number of aromatic nitrogens is 4. The van der Waals surface area contributed by atoms with Gasteiger partial charge in [-0.3, -0.25) is 4.79 Å². The molecule has 0 saturated heterocycles. The van der Waals surface area contributed by atoms with Crippen molar-refractivity contribution in [2.45, 2.75) is 27.7 Å². The van der Waals surface area contributed by atoms with Gasteiger partial charge in [0.1, 0.15) is 12.1 Å². The molecule has 30 heavy (non-hydrogen) atoms. The molecule has 0 aliphatic heterocycles. The van der Waals surface area contributed by atoms with E-state index in [1.54, 1.807) is 35.0 Å². The van der Waals surface area contributed by atoms with Crippen molar-refractivity contribution in [1.82, 2.24) is 19.7 Å². The average molecular weight is 420 g/mol. The third kappa shape index (κ3) is 4.08. The van der Waals surface area contributed by atoms with Gasteiger partial charge in [-0.1, -0.05) is 0 Å². The summed E-state index contributed by atoms with van der Waals surface area (Å²) in [5.41, 5.74) is 4.89. The highest BCUT2D eigenvalue weighted by molar-refractivity contribution is 7.12. The number of aryl methyl sites for hydroxylation is 2. The molecule has 0 saturated carbocycles. The van der Waals surface area contributed by atoms with Crippen molar-refractivity contribution in [3.8, 4) is 17.4 Å². The maximum absolute atomic E-state index is 12.3. The molecular formula is C22H21N5O2S. The molecule has 4 rings (SSSR count). The SMILES string of the molecule is Cc1csc(C(=O)Nc2ccc(Oc3cc(-n4nc(C)c(C)c4C)ncn3)cc2)c1. The average Bonchev–Trinajstić information content (AvgIpc) is 3.28. The lowest BCUT2D eigenvalue weighted by Gasteiger charge is -2.08. The third-order valence-electron chi connectivity index (χ3n) is 4.79. The molecule has 0 atom stereocenters. The maximum Gasteiger partial charge on any atom is 0.265 e. The van der Waals surface area contributed by atoms with Gasteiger partial charge in [-0.15, -0.1) is 11.3 Å². The molecule has 1 N–H and O–H groups in total. The molecule has 1 amide bonds. The fraction of sp³-hybridized carbons (Fsp3) is 0.182. The van der Waals surface area contributed by atoms with E-state index in [-0.39, 0.29) is 5.91 Å². The highest BCUT2D eigenvalue weighted by atomic mass is 32.1. The number of anilines is 1. The fourth-order valence-corrected chi connectivity index (χ4v) is 3.71. The van der Waals surface area contributed by atoms with Gasteiger partial charge in [-0.25, -0.2) is 14.6 Å². The topological polar surface area (TPSA) is 81.9 Å². The van der Waals surface area contributed by atoms with Crippen LogP contribution in [0.25, 0.3) is 5.82 Å². The van der Waals surface area contributed by atoms with Crippen LogP contribution in [-0.4, -0.2) is 25.7 Å². The Balaban J connectivity index is 1.47. The van der Waals surface area contributed by atoms with Gasteiger partial charge >= 0.3 is 0 Å². The van der Waals surface area contributed by atoms with Gasteiger partial charge < -0.3 is 10.1 Å². The Morgan fingerprint density at radius 2 is 1.83 bits per heavy atom. The number of ether oxygens (including phenoxy) is 1. The molecule has 3 aromatic heterocycles. The number of amides is 1. The summed E-state index contributed by atoms with van der Waals surface area (Å²) in [6.07, 6.45) is 1.45. The third-order valence-corrected chi connectivity index (χ3v) is 5.83. The lowest BCUT2D eigenvalue weighted by molar-refractivity contribution is 0.103. The van der Waals surface area contributed by atoms with E-state index in [2.05, 4.69) is 20.4 Å². The van der Waals surface area contributed by atoms with E-state index in [4.69, 9.17) is 4.74 Å². The zero-order valence-corrected chi connectivity index (χ0v) is 17.9. The first-order valence-electron chi connectivity index (χ1n) is 9.40. The van der Waals surface area contributed by atoms with E-state index in [1.807, 2.05) is 39.1 Å². The van der Waals surface area contributed by atoms with Gasteiger partial charge in [0.2, 0.25) is 5.88 Å². The number of hydrogen-bond donors (Lipinski definition) is 1. The van der Waals surface area contributed by atoms with Crippen molar-refractivity contribution in [2.75, 3.05) is 5.32 Å². The van der Waals surface area contributed by atoms with Crippen LogP contribution in [0.4, 0.5) is 5.69 Å². The van der Waals surface area contributed by atoms with Crippen LogP contribution in [0.3, 0.4) is 0 Å². The van der Waals surface area contributed by atoms with Crippen molar-refractivity contribution >= 4 is 22.9 Å². The highest BCUT2D eigenvalue weighted by Gasteiger charge is 2.12. The minimum atomic E-state index is -0.123. The molecule has 0 bridgehead atoms. The van der Waals surface area contributed by atoms with Crippen molar-refractivity contribution in [3.05, 3.63) is 75.5 Å². The summed E-state index contributed by atoms with van der Waals surface area (Å²) in [6, 6.07) is 10.8. The van der Waals surface area contributed by atoms with Gasteiger partial charge in [0.25, 0.3) is 5.91 Å². The molecule has 0 fully saturated rings. The molecule has 4 aromatic rings. The van der Waals surface area contributed by atoms with Crippen LogP contribution in [0.2, 0.25) is 0 Å². The van der Waals surface area contributed by atoms with Gasteiger partial charge in [-0.2, -0.15) is 5.10 Å². The summed E-state index contributed by atoms with van der Waals surface area (Å²) in [6.45, 7) is 7.97. The first-order chi connectivity index (χ1) is 14.4. The van der Waals surface area contributed by atoms with E-state index in [0.717, 1.165) is 22.5 Å². The number of nitrogens with zero attached hydrogens (tertiary/aromatic N) is 4. The molecule has 152 valence electrons. The quantitative estimate of drug-likeness (QED) is 0.492. The molecule has 8 heteroatoms. The Morgan fingerprint density at radius 1 is 1.07 bits per heavy atom. The second-order valence-electron chi connectivity index (χ2n) is 6.99. The van der Waals surface area contributed by atoms with E-state index in [1.165, 1.54) is 17.7 Å². The largest absolute Gasteiger partial charge is 0.439 e. The first-order valence-corrected chi connectivity index (χ1v) is 10.3. The molecule has 3 heterocycles. The van der Waals surface area contributed by atoms with Crippen molar-refractivity contribution in [3.63, 3.8) is 0 Å². The van der Waals surface area contributed by atoms with Gasteiger partial charge in [0.15, 0.2) is 5.82 Å². The minimum absolute atomic E-state index is 0.123. The molecule has 1 aromatic carbocycles. The van der Waals surface area contributed by atoms with Crippen molar-refractivity contribution in [2.24, 2.45) is 0 Å². The van der Waals surface area contributed by atoms with E-state index >= 15 is 0 Å². The summed E-state index contributed by atoms with van der Waals surface area (Å²) in [4.78, 5) is 21.4. The van der Waals surface area contributed by atoms with Crippen molar-refractivity contribution < 1.29 is 9.53 Å². The first kappa shape index (κ1) is 19.8. The van der Waals surface area contributed by atoms with Crippen LogP contribution in [0, 0.1) is 27.7 Å². The molecule has 0 aliphatic rings. The van der Waals surface area contributed by atoms with Crippen LogP contribution in [0.15, 0.2) is 48.1 Å². The number of thiophene rings is 1. The summed E-state index contributed by atoms with van der Waals surface area (Å²) in [5.74, 6) is 1.54. The lowest BCUT2D eigenvalue weighted by atomic mass is 10.2. The van der Waals surface area contributed by atoms with Crippen LogP contribution >= 0.6 is 11.3 Å². The Bertz CT molecular complexity index is 1210. The molecule has 0 aliphatic carbocycles. The van der Waals surface area contributed by atoms with E-state index in [0.29, 0.717) is 28.0 Å². The zero-order valence-electron chi connectivity index (χ0n) is 17.1. The van der Waals surface area contributed by atoms with Gasteiger partial charge in [-0.05, 0) is 74.5 Å². The highest BCUT2D eigenvalue weighted by Crippen LogP contribution is 2.24. The van der Waals surface area contributed by atoms with E-state index < -0.39 is 0 Å². The van der Waals surface area contributed by atoms with Crippen LogP contribution in [0.1, 0.15) is 32.2 Å². The predicted molar refractivity (Wildman–Crippen MR) is 117 cm³/mol. The number of hydrogen-bond acceptors (Lipinski definition) is 6. The molecule has 0 radical (unpaired) electrons. The number of nitrogens with one attached hydrogen (secondary N) is 1. The van der Waals surface area contributed by atoms with E-state index in [9.17, 15) is 4.79 Å². The summed E-state index contributed by atoms with van der Waals surface area (Å²) < 4.78 is 7.64. The second kappa shape index (κ2) is 8.08. The molecule has 0 spiro atoms. The Labute approximate surface area is 178 Å². The minimum Gasteiger partial charge on any atom is -0.439 e. The summed E-state index contributed by atoms with van der Waals surface area (Å²) in [5, 5.41) is 9.36. The van der Waals surface area contributed by atoms with Crippen LogP contribution in [-0.2, 0) is 0 Å². The van der Waals surface area contributed by atoms with Gasteiger partial charge in [0, 0.05) is 17.4 Å². The number of carbonyl (C=O) groups excluding carboxylic acids is 1. The fourth-order valence-electron chi connectivity index (χ4n) is 2.92. The predicted octanol–water partition coefficient (Wildman–Crippen LogP) is 5.00. The van der Waals surface area contributed by atoms with Crippen LogP contribution in [0.5, 0.6) is 11.6 Å². The summed E-state index contributed by atoms with van der Waals surface area (Å²) in [7, 11) is 0.